The van der Waals surface area contributed by atoms with E-state index in [1.54, 1.807) is 0 Å². The van der Waals surface area contributed by atoms with Crippen LogP contribution < -0.4 is 10.2 Å². The van der Waals surface area contributed by atoms with Gasteiger partial charge in [0.15, 0.2) is 0 Å². The second-order valence-electron chi connectivity index (χ2n) is 8.60. The van der Waals surface area contributed by atoms with Crippen LogP contribution in [0.15, 0.2) is 24.3 Å². The Kier molecular flexibility index (Phi) is 5.33. The average molecular weight is 366 g/mol. The molecule has 1 amide bonds. The predicted octanol–water partition coefficient (Wildman–Crippen LogP) is 5.30. The number of aryl methyl sites for hydroxylation is 1. The Morgan fingerprint density at radius 2 is 1.89 bits per heavy atom. The van der Waals surface area contributed by atoms with E-state index in [0.717, 1.165) is 41.4 Å². The largest absolute Gasteiger partial charge is 0.357 e. The minimum Gasteiger partial charge on any atom is -0.357 e. The van der Waals surface area contributed by atoms with Gasteiger partial charge in [-0.2, -0.15) is 0 Å². The first-order chi connectivity index (χ1) is 13.1. The maximum atomic E-state index is 12.3. The number of anilines is 2. The molecule has 1 aromatic carbocycles. The van der Waals surface area contributed by atoms with Crippen LogP contribution in [0.5, 0.6) is 0 Å². The van der Waals surface area contributed by atoms with Gasteiger partial charge in [0.25, 0.3) is 0 Å². The summed E-state index contributed by atoms with van der Waals surface area (Å²) >= 11 is 0. The van der Waals surface area contributed by atoms with Crippen molar-refractivity contribution in [2.24, 2.45) is 11.8 Å². The molecule has 0 bridgehead atoms. The molecule has 1 aliphatic carbocycles. The number of aromatic nitrogens is 1. The summed E-state index contributed by atoms with van der Waals surface area (Å²) in [6, 6.07) is 8.31. The third-order valence-corrected chi connectivity index (χ3v) is 6.34. The van der Waals surface area contributed by atoms with Crippen LogP contribution >= 0.6 is 0 Å². The van der Waals surface area contributed by atoms with Crippen LogP contribution in [-0.4, -0.2) is 24.0 Å². The Hall–Kier alpha value is -2.10. The number of amides is 1. The molecular formula is C23H31N3O. The molecule has 144 valence electrons. The number of pyridine rings is 1. The zero-order valence-corrected chi connectivity index (χ0v) is 16.6. The molecule has 1 aliphatic heterocycles. The van der Waals surface area contributed by atoms with Crippen molar-refractivity contribution in [2.75, 3.05) is 23.3 Å². The summed E-state index contributed by atoms with van der Waals surface area (Å²) in [6.07, 6.45) is 8.09. The molecule has 2 aliphatic rings. The molecular weight excluding hydrogens is 334 g/mol. The van der Waals surface area contributed by atoms with E-state index >= 15 is 0 Å². The van der Waals surface area contributed by atoms with Gasteiger partial charge in [0.2, 0.25) is 5.91 Å². The molecule has 2 heterocycles. The monoisotopic (exact) mass is 365 g/mol. The third kappa shape index (κ3) is 4.26. The number of carbonyl (C=O) groups excluding carboxylic acids is 1. The lowest BCUT2D eigenvalue weighted by Gasteiger charge is -2.31. The molecule has 0 atom stereocenters. The Labute approximate surface area is 162 Å². The molecule has 1 aromatic heterocycles. The lowest BCUT2D eigenvalue weighted by Crippen LogP contribution is -2.33. The molecule has 4 heteroatoms. The van der Waals surface area contributed by atoms with E-state index in [9.17, 15) is 4.79 Å². The van der Waals surface area contributed by atoms with E-state index in [-0.39, 0.29) is 5.91 Å². The van der Waals surface area contributed by atoms with Crippen molar-refractivity contribution in [2.45, 2.75) is 58.8 Å². The Morgan fingerprint density at radius 1 is 1.15 bits per heavy atom. The number of nitrogens with zero attached hydrogens (tertiary/aromatic N) is 2. The lowest BCUT2D eigenvalue weighted by atomic mass is 9.99. The highest BCUT2D eigenvalue weighted by atomic mass is 16.1. The van der Waals surface area contributed by atoms with Crippen LogP contribution in [0, 0.1) is 18.8 Å². The Bertz CT molecular complexity index is 818. The highest BCUT2D eigenvalue weighted by molar-refractivity contribution is 5.94. The molecule has 1 N–H and O–H groups in total. The first-order valence-electron chi connectivity index (χ1n) is 10.5. The maximum Gasteiger partial charge on any atom is 0.224 e. The summed E-state index contributed by atoms with van der Waals surface area (Å²) in [4.78, 5) is 19.7. The van der Waals surface area contributed by atoms with Gasteiger partial charge >= 0.3 is 0 Å². The molecule has 1 saturated heterocycles. The molecule has 4 nitrogen and oxygen atoms in total. The number of rotatable bonds is 4. The van der Waals surface area contributed by atoms with Crippen LogP contribution in [-0.2, 0) is 4.79 Å². The van der Waals surface area contributed by atoms with E-state index in [1.807, 2.05) is 12.1 Å². The number of hydrogen-bond donors (Lipinski definition) is 1. The summed E-state index contributed by atoms with van der Waals surface area (Å²) in [5, 5.41) is 4.22. The second-order valence-corrected chi connectivity index (χ2v) is 8.60. The van der Waals surface area contributed by atoms with Crippen LogP contribution in [0.4, 0.5) is 11.5 Å². The Balaban J connectivity index is 1.49. The van der Waals surface area contributed by atoms with Crippen LogP contribution in [0.2, 0.25) is 0 Å². The quantitative estimate of drug-likeness (QED) is 0.800. The fourth-order valence-corrected chi connectivity index (χ4v) is 4.54. The standard InChI is InChI=1S/C23H31N3O/c1-16-9-11-26(12-10-16)22-13-17(2)20-15-19(7-8-21(20)25-22)24-23(27)14-18-5-3-4-6-18/h7-8,13,15-16,18H,3-6,9-12,14H2,1-2H3,(H,24,27). The first kappa shape index (κ1) is 18.3. The number of piperidine rings is 1. The van der Waals surface area contributed by atoms with Crippen molar-refractivity contribution in [3.8, 4) is 0 Å². The zero-order valence-electron chi connectivity index (χ0n) is 16.6. The fraction of sp³-hybridized carbons (Fsp3) is 0.565. The minimum atomic E-state index is 0.144. The third-order valence-electron chi connectivity index (χ3n) is 6.34. The summed E-state index contributed by atoms with van der Waals surface area (Å²) in [6.45, 7) is 6.66. The molecule has 2 aromatic rings. The van der Waals surface area contributed by atoms with Gasteiger partial charge in [0.1, 0.15) is 5.82 Å². The first-order valence-corrected chi connectivity index (χ1v) is 10.5. The van der Waals surface area contributed by atoms with Crippen molar-refractivity contribution in [1.29, 1.82) is 0 Å². The van der Waals surface area contributed by atoms with E-state index in [2.05, 4.69) is 36.2 Å². The molecule has 0 unspecified atom stereocenters. The van der Waals surface area contributed by atoms with Gasteiger partial charge in [0.05, 0.1) is 5.52 Å². The molecule has 0 radical (unpaired) electrons. The average Bonchev–Trinajstić information content (AvgIpc) is 3.15. The van der Waals surface area contributed by atoms with Crippen molar-refractivity contribution >= 4 is 28.3 Å². The van der Waals surface area contributed by atoms with E-state index in [4.69, 9.17) is 4.98 Å². The highest BCUT2D eigenvalue weighted by Gasteiger charge is 2.19. The van der Waals surface area contributed by atoms with Gasteiger partial charge < -0.3 is 10.2 Å². The zero-order chi connectivity index (χ0) is 18.8. The Morgan fingerprint density at radius 3 is 2.63 bits per heavy atom. The number of fused-ring (bicyclic) bond motifs is 1. The maximum absolute atomic E-state index is 12.3. The summed E-state index contributed by atoms with van der Waals surface area (Å²) < 4.78 is 0. The highest BCUT2D eigenvalue weighted by Crippen LogP contribution is 2.29. The van der Waals surface area contributed by atoms with Crippen LogP contribution in [0.1, 0.15) is 57.4 Å². The summed E-state index contributed by atoms with van der Waals surface area (Å²) in [5.41, 5.74) is 3.12. The SMILES string of the molecule is Cc1cc(N2CCC(C)CC2)nc2ccc(NC(=O)CC3CCCC3)cc12. The molecule has 27 heavy (non-hydrogen) atoms. The molecule has 0 spiro atoms. The van der Waals surface area contributed by atoms with Crippen LogP contribution in [0.25, 0.3) is 10.9 Å². The lowest BCUT2D eigenvalue weighted by molar-refractivity contribution is -0.117. The van der Waals surface area contributed by atoms with Crippen LogP contribution in [0.3, 0.4) is 0 Å². The number of hydrogen-bond acceptors (Lipinski definition) is 3. The van der Waals surface area contributed by atoms with Crippen molar-refractivity contribution in [3.05, 3.63) is 29.8 Å². The van der Waals surface area contributed by atoms with Gasteiger partial charge in [-0.1, -0.05) is 19.8 Å². The van der Waals surface area contributed by atoms with Gasteiger partial charge in [-0.3, -0.25) is 4.79 Å². The number of nitrogens with one attached hydrogen (secondary N) is 1. The number of carbonyl (C=O) groups is 1. The van der Waals surface area contributed by atoms with Crippen molar-refractivity contribution < 1.29 is 4.79 Å². The topological polar surface area (TPSA) is 45.2 Å². The fourth-order valence-electron chi connectivity index (χ4n) is 4.54. The normalized spacial score (nSPS) is 19.0. The molecule has 2 fully saturated rings. The smallest absolute Gasteiger partial charge is 0.224 e. The predicted molar refractivity (Wildman–Crippen MR) is 112 cm³/mol. The van der Waals surface area contributed by atoms with Gasteiger partial charge in [-0.25, -0.2) is 4.98 Å². The van der Waals surface area contributed by atoms with Crippen molar-refractivity contribution in [1.82, 2.24) is 4.98 Å². The minimum absolute atomic E-state index is 0.144. The van der Waals surface area contributed by atoms with Gasteiger partial charge in [-0.15, -0.1) is 0 Å². The van der Waals surface area contributed by atoms with Gasteiger partial charge in [0, 0.05) is 30.6 Å². The summed E-state index contributed by atoms with van der Waals surface area (Å²) in [7, 11) is 0. The molecule has 1 saturated carbocycles. The number of benzene rings is 1. The molecule has 4 rings (SSSR count). The summed E-state index contributed by atoms with van der Waals surface area (Å²) in [5.74, 6) is 2.62. The van der Waals surface area contributed by atoms with E-state index < -0.39 is 0 Å². The second kappa shape index (κ2) is 7.87. The van der Waals surface area contributed by atoms with E-state index in [0.29, 0.717) is 12.3 Å². The van der Waals surface area contributed by atoms with E-state index in [1.165, 1.54) is 44.1 Å². The van der Waals surface area contributed by atoms with Crippen molar-refractivity contribution in [3.63, 3.8) is 0 Å². The van der Waals surface area contributed by atoms with Gasteiger partial charge in [-0.05, 0) is 74.3 Å².